The van der Waals surface area contributed by atoms with Crippen molar-refractivity contribution in [1.82, 2.24) is 24.8 Å². The Morgan fingerprint density at radius 3 is 2.38 bits per heavy atom. The zero-order chi connectivity index (χ0) is 30.7. The number of carbonyl (C=O) groups excluding carboxylic acids is 2. The number of para-hydroxylation sites is 1. The minimum Gasteiger partial charge on any atom is -0.349 e. The minimum absolute atomic E-state index is 0.0125. The van der Waals surface area contributed by atoms with Gasteiger partial charge >= 0.3 is 0 Å². The Kier molecular flexibility index (Phi) is 6.42. The van der Waals surface area contributed by atoms with E-state index in [0.717, 1.165) is 30.9 Å². The topological polar surface area (TPSA) is 107 Å². The number of likely N-dealkylation sites (N-methyl/N-ethyl adjacent to an activating group) is 1. The van der Waals surface area contributed by atoms with Crippen molar-refractivity contribution in [2.75, 3.05) is 30.4 Å². The van der Waals surface area contributed by atoms with E-state index in [9.17, 15) is 9.59 Å². The molecule has 3 aliphatic rings. The number of nitrogens with one attached hydrogen (secondary N) is 2. The van der Waals surface area contributed by atoms with Gasteiger partial charge in [0.2, 0.25) is 6.17 Å². The molecule has 10 nitrogen and oxygen atoms in total. The van der Waals surface area contributed by atoms with E-state index >= 15 is 4.39 Å². The van der Waals surface area contributed by atoms with Gasteiger partial charge in [0, 0.05) is 41.9 Å². The number of fused-ring (bicyclic) bond motifs is 4. The molecule has 5 heterocycles. The van der Waals surface area contributed by atoms with Gasteiger partial charge in [0.25, 0.3) is 11.8 Å². The summed E-state index contributed by atoms with van der Waals surface area (Å²) in [6, 6.07) is 27.7. The first kappa shape index (κ1) is 27.2. The highest BCUT2D eigenvalue weighted by Gasteiger charge is 2.42. The van der Waals surface area contributed by atoms with Crippen molar-refractivity contribution in [1.29, 1.82) is 0 Å². The van der Waals surface area contributed by atoms with Crippen LogP contribution in [0.2, 0.25) is 0 Å². The van der Waals surface area contributed by atoms with Crippen molar-refractivity contribution in [2.45, 2.75) is 24.7 Å². The van der Waals surface area contributed by atoms with Gasteiger partial charge in [-0.3, -0.25) is 14.5 Å². The Balaban J connectivity index is 1.22. The molecule has 5 aromatic rings. The fourth-order valence-electron chi connectivity index (χ4n) is 6.64. The number of amides is 2. The molecule has 0 unspecified atom stereocenters. The molecule has 0 radical (unpaired) electrons. The number of carbonyl (C=O) groups is 2. The van der Waals surface area contributed by atoms with Crippen LogP contribution in [0.25, 0.3) is 16.9 Å². The second-order valence-electron chi connectivity index (χ2n) is 11.6. The lowest BCUT2D eigenvalue weighted by atomic mass is 10.0. The standard InChI is InChI=1S/C34H29FN8O2/c1-41-18-23-17-22(41)19-42(23)27-16-15-26-36-29(21-11-6-3-7-12-21)31(43(26)40-27)33(44)39-32-34(45)38-30-24(13-8-14-25(30)35)28(37-32)20-9-4-2-5-10-20/h2-16,22-23,32H,17-19H2,1H3,(H,38,45)(H,39,44)/t22-,23-,32-/m1/s1. The summed E-state index contributed by atoms with van der Waals surface area (Å²) in [5.74, 6) is -1.09. The maximum Gasteiger partial charge on any atom is 0.274 e. The highest BCUT2D eigenvalue weighted by Crippen LogP contribution is 2.34. The lowest BCUT2D eigenvalue weighted by Gasteiger charge is -2.32. The van der Waals surface area contributed by atoms with Crippen LogP contribution < -0.4 is 15.5 Å². The zero-order valence-corrected chi connectivity index (χ0v) is 24.4. The van der Waals surface area contributed by atoms with E-state index in [4.69, 9.17) is 15.1 Å². The number of hydrogen-bond donors (Lipinski definition) is 2. The first-order valence-electron chi connectivity index (χ1n) is 14.9. The van der Waals surface area contributed by atoms with E-state index < -0.39 is 23.8 Å². The van der Waals surface area contributed by atoms with Crippen molar-refractivity contribution < 1.29 is 14.0 Å². The van der Waals surface area contributed by atoms with Crippen molar-refractivity contribution in [3.8, 4) is 11.3 Å². The number of aliphatic imine (C=N–C) groups is 1. The maximum absolute atomic E-state index is 15.0. The van der Waals surface area contributed by atoms with Crippen molar-refractivity contribution >= 4 is 34.7 Å². The van der Waals surface area contributed by atoms with E-state index in [1.165, 1.54) is 6.07 Å². The Hall–Kier alpha value is -5.42. The molecule has 0 saturated carbocycles. The molecule has 2 bridgehead atoms. The van der Waals surface area contributed by atoms with E-state index in [1.54, 1.807) is 16.6 Å². The van der Waals surface area contributed by atoms with Crippen LogP contribution in [0.4, 0.5) is 15.9 Å². The quantitative estimate of drug-likeness (QED) is 0.316. The van der Waals surface area contributed by atoms with Crippen LogP contribution in [0.5, 0.6) is 0 Å². The molecule has 2 aromatic heterocycles. The normalized spacial score (nSPS) is 20.9. The number of benzene rings is 3. The van der Waals surface area contributed by atoms with Gasteiger partial charge in [0.15, 0.2) is 11.3 Å². The van der Waals surface area contributed by atoms with Gasteiger partial charge in [-0.2, -0.15) is 0 Å². The number of halogens is 1. The molecule has 2 amide bonds. The Labute approximate surface area is 258 Å². The van der Waals surface area contributed by atoms with Gasteiger partial charge in [0.05, 0.1) is 11.4 Å². The van der Waals surface area contributed by atoms with Crippen LogP contribution in [0.1, 0.15) is 28.0 Å². The molecule has 0 aliphatic carbocycles. The average molecular weight is 601 g/mol. The number of nitrogens with zero attached hydrogens (tertiary/aromatic N) is 6. The van der Waals surface area contributed by atoms with Crippen molar-refractivity contribution in [3.05, 3.63) is 114 Å². The smallest absolute Gasteiger partial charge is 0.274 e. The van der Waals surface area contributed by atoms with Crippen molar-refractivity contribution in [2.24, 2.45) is 4.99 Å². The number of anilines is 2. The monoisotopic (exact) mass is 600 g/mol. The van der Waals surface area contributed by atoms with Gasteiger partial charge < -0.3 is 15.5 Å². The molecular formula is C34H29FN8O2. The molecular weight excluding hydrogens is 571 g/mol. The molecule has 3 aromatic carbocycles. The lowest BCUT2D eigenvalue weighted by Crippen LogP contribution is -2.45. The van der Waals surface area contributed by atoms with Crippen LogP contribution in [-0.2, 0) is 4.79 Å². The van der Waals surface area contributed by atoms with Crippen LogP contribution in [0.15, 0.2) is 96.0 Å². The molecule has 11 heteroatoms. The Bertz CT molecular complexity index is 1990. The number of likely N-dealkylation sites (tertiary alicyclic amines) is 1. The molecule has 45 heavy (non-hydrogen) atoms. The highest BCUT2D eigenvalue weighted by atomic mass is 19.1. The fourth-order valence-corrected chi connectivity index (χ4v) is 6.64. The van der Waals surface area contributed by atoms with Gasteiger partial charge in [-0.25, -0.2) is 18.9 Å². The van der Waals surface area contributed by atoms with Crippen LogP contribution in [0.3, 0.4) is 0 Å². The maximum atomic E-state index is 15.0. The van der Waals surface area contributed by atoms with Crippen molar-refractivity contribution in [3.63, 3.8) is 0 Å². The summed E-state index contributed by atoms with van der Waals surface area (Å²) in [5, 5.41) is 10.4. The summed E-state index contributed by atoms with van der Waals surface area (Å²) in [7, 11) is 2.14. The van der Waals surface area contributed by atoms with E-state index in [0.29, 0.717) is 40.3 Å². The van der Waals surface area contributed by atoms with E-state index in [2.05, 4.69) is 27.5 Å². The highest BCUT2D eigenvalue weighted by molar-refractivity contribution is 6.20. The molecule has 224 valence electrons. The molecule has 2 saturated heterocycles. The molecule has 2 fully saturated rings. The van der Waals surface area contributed by atoms with E-state index in [1.807, 2.05) is 72.8 Å². The van der Waals surface area contributed by atoms with E-state index in [-0.39, 0.29) is 11.4 Å². The third-order valence-corrected chi connectivity index (χ3v) is 8.87. The van der Waals surface area contributed by atoms with Gasteiger partial charge in [-0.05, 0) is 31.7 Å². The van der Waals surface area contributed by atoms with Crippen LogP contribution in [-0.4, -0.2) is 75.4 Å². The third kappa shape index (κ3) is 4.63. The summed E-state index contributed by atoms with van der Waals surface area (Å²) < 4.78 is 16.6. The second kappa shape index (κ2) is 10.6. The Morgan fingerprint density at radius 1 is 0.911 bits per heavy atom. The SMILES string of the molecule is CN1C[C@H]2C[C@@H]1CN2c1ccc2nc(-c3ccccc3)c(C(=O)N[C@H]3N=C(c4ccccc4)c4cccc(F)c4NC3=O)n2n1. The predicted octanol–water partition coefficient (Wildman–Crippen LogP) is 3.97. The van der Waals surface area contributed by atoms with Crippen LogP contribution >= 0.6 is 0 Å². The fraction of sp³-hybridized carbons (Fsp3) is 0.206. The first-order chi connectivity index (χ1) is 21.9. The predicted molar refractivity (Wildman–Crippen MR) is 169 cm³/mol. The summed E-state index contributed by atoms with van der Waals surface area (Å²) in [6.45, 7) is 1.82. The lowest BCUT2D eigenvalue weighted by molar-refractivity contribution is -0.117. The average Bonchev–Trinajstić information content (AvgIpc) is 3.74. The summed E-state index contributed by atoms with van der Waals surface area (Å²) in [6.07, 6.45) is -0.286. The minimum atomic E-state index is -1.36. The zero-order valence-electron chi connectivity index (χ0n) is 24.4. The van der Waals surface area contributed by atoms with Gasteiger partial charge in [0.1, 0.15) is 17.3 Å². The Morgan fingerprint density at radius 2 is 1.67 bits per heavy atom. The summed E-state index contributed by atoms with van der Waals surface area (Å²) >= 11 is 0. The number of hydrogen-bond acceptors (Lipinski definition) is 7. The molecule has 0 spiro atoms. The first-order valence-corrected chi connectivity index (χ1v) is 14.9. The molecule has 8 rings (SSSR count). The summed E-state index contributed by atoms with van der Waals surface area (Å²) in [4.78, 5) is 41.9. The number of rotatable bonds is 5. The van der Waals surface area contributed by atoms with Gasteiger partial charge in [-0.15, -0.1) is 5.10 Å². The molecule has 3 atom stereocenters. The number of piperazine rings is 1. The molecule has 3 aliphatic heterocycles. The summed E-state index contributed by atoms with van der Waals surface area (Å²) in [5.41, 5.74) is 3.32. The largest absolute Gasteiger partial charge is 0.349 e. The van der Waals surface area contributed by atoms with Gasteiger partial charge in [-0.1, -0.05) is 72.8 Å². The number of benzodiazepines with no additional fused rings is 1. The second-order valence-corrected chi connectivity index (χ2v) is 11.6. The molecule has 2 N–H and O–H groups in total. The third-order valence-electron chi connectivity index (χ3n) is 8.87. The van der Waals surface area contributed by atoms with Crippen LogP contribution in [0, 0.1) is 5.82 Å². The number of aromatic nitrogens is 3. The number of imidazole rings is 1.